The van der Waals surface area contributed by atoms with E-state index in [1.807, 2.05) is 30.3 Å². The fourth-order valence-electron chi connectivity index (χ4n) is 2.84. The van der Waals surface area contributed by atoms with Gasteiger partial charge in [0, 0.05) is 22.0 Å². The molecule has 2 N–H and O–H groups in total. The number of nitrogens with one attached hydrogen (secondary N) is 1. The van der Waals surface area contributed by atoms with Gasteiger partial charge in [-0.25, -0.2) is 4.79 Å². The Balaban J connectivity index is 1.73. The van der Waals surface area contributed by atoms with Crippen LogP contribution in [0.4, 0.5) is 0 Å². The molecule has 3 rings (SSSR count). The highest BCUT2D eigenvalue weighted by molar-refractivity contribution is 6.35. The first-order valence-corrected chi connectivity index (χ1v) is 8.41. The Bertz CT molecular complexity index is 851. The number of halogens is 2. The van der Waals surface area contributed by atoms with Gasteiger partial charge in [-0.05, 0) is 35.8 Å². The highest BCUT2D eigenvalue weighted by Crippen LogP contribution is 2.51. The molecular weight excluding hydrogens is 361 g/mol. The topological polar surface area (TPSA) is 66.4 Å². The van der Waals surface area contributed by atoms with Crippen molar-refractivity contribution in [2.45, 2.75) is 17.9 Å². The van der Waals surface area contributed by atoms with Crippen LogP contribution in [-0.2, 0) is 9.59 Å². The van der Waals surface area contributed by atoms with Crippen LogP contribution in [0.25, 0.3) is 6.08 Å². The predicted molar refractivity (Wildman–Crippen MR) is 97.8 cm³/mol. The number of hydrogen-bond donors (Lipinski definition) is 2. The van der Waals surface area contributed by atoms with E-state index in [-0.39, 0.29) is 5.92 Å². The molecule has 2 unspecified atom stereocenters. The van der Waals surface area contributed by atoms with Crippen LogP contribution >= 0.6 is 23.2 Å². The van der Waals surface area contributed by atoms with E-state index in [2.05, 4.69) is 5.32 Å². The van der Waals surface area contributed by atoms with E-state index in [0.717, 1.165) is 5.56 Å². The van der Waals surface area contributed by atoms with Crippen molar-refractivity contribution in [3.8, 4) is 0 Å². The lowest BCUT2D eigenvalue weighted by Crippen LogP contribution is -2.43. The van der Waals surface area contributed by atoms with Gasteiger partial charge < -0.3 is 10.4 Å². The molecule has 1 saturated carbocycles. The molecule has 1 amide bonds. The van der Waals surface area contributed by atoms with Crippen molar-refractivity contribution in [3.63, 3.8) is 0 Å². The number of benzene rings is 2. The number of carboxylic acid groups (broad SMARTS) is 1. The molecule has 1 fully saturated rings. The average Bonchev–Trinajstić information content (AvgIpc) is 3.30. The third-order valence-electron chi connectivity index (χ3n) is 4.27. The van der Waals surface area contributed by atoms with E-state index >= 15 is 0 Å². The summed E-state index contributed by atoms with van der Waals surface area (Å²) in [5, 5.41) is 13.1. The van der Waals surface area contributed by atoms with Crippen molar-refractivity contribution in [2.24, 2.45) is 0 Å². The van der Waals surface area contributed by atoms with Gasteiger partial charge in [-0.3, -0.25) is 4.79 Å². The normalized spacial score (nSPS) is 21.9. The van der Waals surface area contributed by atoms with E-state index < -0.39 is 17.4 Å². The van der Waals surface area contributed by atoms with Crippen LogP contribution in [0.2, 0.25) is 10.0 Å². The Hall–Kier alpha value is -2.30. The second-order valence-corrected chi connectivity index (χ2v) is 6.78. The lowest BCUT2D eigenvalue weighted by molar-refractivity contribution is -0.142. The van der Waals surface area contributed by atoms with Gasteiger partial charge in [0.15, 0.2) is 0 Å². The van der Waals surface area contributed by atoms with E-state index in [9.17, 15) is 14.7 Å². The van der Waals surface area contributed by atoms with Gasteiger partial charge >= 0.3 is 5.97 Å². The summed E-state index contributed by atoms with van der Waals surface area (Å²) in [5.74, 6) is -1.75. The maximum absolute atomic E-state index is 12.2. The van der Waals surface area contributed by atoms with Crippen molar-refractivity contribution in [2.75, 3.05) is 0 Å². The van der Waals surface area contributed by atoms with Gasteiger partial charge in [0.25, 0.3) is 0 Å². The summed E-state index contributed by atoms with van der Waals surface area (Å²) in [5.41, 5.74) is 0.267. The van der Waals surface area contributed by atoms with E-state index in [1.165, 1.54) is 12.2 Å². The number of rotatable bonds is 5. The Morgan fingerprint density at radius 2 is 1.88 bits per heavy atom. The van der Waals surface area contributed by atoms with Gasteiger partial charge in [-0.15, -0.1) is 0 Å². The molecule has 1 aliphatic carbocycles. The highest BCUT2D eigenvalue weighted by atomic mass is 35.5. The zero-order valence-corrected chi connectivity index (χ0v) is 14.6. The summed E-state index contributed by atoms with van der Waals surface area (Å²) >= 11 is 11.9. The minimum atomic E-state index is -1.26. The summed E-state index contributed by atoms with van der Waals surface area (Å²) in [4.78, 5) is 23.9. The van der Waals surface area contributed by atoms with Crippen LogP contribution in [-0.4, -0.2) is 22.5 Å². The smallest absolute Gasteiger partial charge is 0.330 e. The first-order valence-electron chi connectivity index (χ1n) is 7.66. The molecule has 128 valence electrons. The Morgan fingerprint density at radius 3 is 2.52 bits per heavy atom. The molecule has 2 atom stereocenters. The summed E-state index contributed by atoms with van der Waals surface area (Å²) in [6.07, 6.45) is 3.18. The SMILES string of the molecule is O=C(/C=C/c1ccc(Cl)cc1Cl)NC1(C(=O)O)CC1c1ccccc1. The first-order chi connectivity index (χ1) is 11.9. The molecule has 0 bridgehead atoms. The van der Waals surface area contributed by atoms with E-state index in [1.54, 1.807) is 18.2 Å². The number of hydrogen-bond acceptors (Lipinski definition) is 2. The molecule has 0 radical (unpaired) electrons. The minimum absolute atomic E-state index is 0.234. The largest absolute Gasteiger partial charge is 0.479 e. The molecule has 1 aliphatic rings. The minimum Gasteiger partial charge on any atom is -0.479 e. The lowest BCUT2D eigenvalue weighted by Gasteiger charge is -2.13. The fraction of sp³-hybridized carbons (Fsp3) is 0.158. The molecule has 2 aromatic rings. The number of carbonyl (C=O) groups is 2. The molecular formula is C19H15Cl2NO3. The first kappa shape index (κ1) is 17.5. The molecule has 0 heterocycles. The van der Waals surface area contributed by atoms with Crippen LogP contribution in [0.15, 0.2) is 54.6 Å². The molecule has 0 saturated heterocycles. The Labute approximate surface area is 155 Å². The maximum Gasteiger partial charge on any atom is 0.330 e. The predicted octanol–water partition coefficient (Wildman–Crippen LogP) is 4.13. The Kier molecular flexibility index (Phi) is 4.84. The molecule has 6 heteroatoms. The van der Waals surface area contributed by atoms with Crippen molar-refractivity contribution >= 4 is 41.2 Å². The van der Waals surface area contributed by atoms with Gasteiger partial charge in [0.1, 0.15) is 5.54 Å². The maximum atomic E-state index is 12.2. The number of carbonyl (C=O) groups excluding carboxylic acids is 1. The summed E-state index contributed by atoms with van der Waals surface area (Å²) in [6.45, 7) is 0. The van der Waals surface area contributed by atoms with Crippen LogP contribution in [0.1, 0.15) is 23.5 Å². The lowest BCUT2D eigenvalue weighted by atomic mass is 10.1. The molecule has 25 heavy (non-hydrogen) atoms. The standard InChI is InChI=1S/C19H15Cl2NO3/c20-14-8-6-13(16(21)10-14)7-9-17(23)22-19(18(24)25)11-15(19)12-4-2-1-3-5-12/h1-10,15H,11H2,(H,22,23)(H,24,25)/b9-7+. The molecule has 0 spiro atoms. The van der Waals surface area contributed by atoms with Crippen molar-refractivity contribution in [1.82, 2.24) is 5.32 Å². The summed E-state index contributed by atoms with van der Waals surface area (Å²) < 4.78 is 0. The second kappa shape index (κ2) is 6.90. The van der Waals surface area contributed by atoms with E-state index in [4.69, 9.17) is 23.2 Å². The third kappa shape index (κ3) is 3.70. The summed E-state index contributed by atoms with van der Waals surface area (Å²) in [6, 6.07) is 14.2. The quantitative estimate of drug-likeness (QED) is 0.771. The van der Waals surface area contributed by atoms with Crippen molar-refractivity contribution in [1.29, 1.82) is 0 Å². The van der Waals surface area contributed by atoms with E-state index in [0.29, 0.717) is 22.0 Å². The summed E-state index contributed by atoms with van der Waals surface area (Å²) in [7, 11) is 0. The van der Waals surface area contributed by atoms with Gasteiger partial charge in [-0.2, -0.15) is 0 Å². The van der Waals surface area contributed by atoms with Gasteiger partial charge in [-0.1, -0.05) is 59.6 Å². The van der Waals surface area contributed by atoms with Gasteiger partial charge in [0.05, 0.1) is 0 Å². The average molecular weight is 376 g/mol. The number of aliphatic carboxylic acids is 1. The number of amides is 1. The molecule has 0 aliphatic heterocycles. The second-order valence-electron chi connectivity index (χ2n) is 5.93. The van der Waals surface area contributed by atoms with Gasteiger partial charge in [0.2, 0.25) is 5.91 Å². The van der Waals surface area contributed by atoms with Crippen LogP contribution < -0.4 is 5.32 Å². The molecule has 2 aromatic carbocycles. The highest BCUT2D eigenvalue weighted by Gasteiger charge is 2.62. The zero-order valence-electron chi connectivity index (χ0n) is 13.1. The molecule has 0 aromatic heterocycles. The van der Waals surface area contributed by atoms with Crippen LogP contribution in [0.5, 0.6) is 0 Å². The fourth-order valence-corrected chi connectivity index (χ4v) is 3.31. The van der Waals surface area contributed by atoms with Crippen LogP contribution in [0, 0.1) is 0 Å². The van der Waals surface area contributed by atoms with Crippen molar-refractivity contribution < 1.29 is 14.7 Å². The Morgan fingerprint density at radius 1 is 1.16 bits per heavy atom. The van der Waals surface area contributed by atoms with Crippen LogP contribution in [0.3, 0.4) is 0 Å². The molecule has 4 nitrogen and oxygen atoms in total. The zero-order chi connectivity index (χ0) is 18.0. The van der Waals surface area contributed by atoms with Crippen molar-refractivity contribution in [3.05, 3.63) is 75.8 Å². The monoisotopic (exact) mass is 375 g/mol. The number of carboxylic acids is 1. The third-order valence-corrected chi connectivity index (χ3v) is 4.83.